The number of rotatable bonds is 4. The third-order valence-electron chi connectivity index (χ3n) is 3.15. The summed E-state index contributed by atoms with van der Waals surface area (Å²) >= 11 is 5.96. The predicted octanol–water partition coefficient (Wildman–Crippen LogP) is 3.52. The number of ether oxygens (including phenoxy) is 1. The molecular weight excluding hydrogens is 342 g/mol. The van der Waals surface area contributed by atoms with Gasteiger partial charge in [-0.25, -0.2) is 0 Å². The Morgan fingerprint density at radius 1 is 1.12 bits per heavy atom. The molecule has 25 heavy (non-hydrogen) atoms. The number of carbonyl (C=O) groups is 2. The molecule has 0 aliphatic rings. The quantitative estimate of drug-likeness (QED) is 0.873. The van der Waals surface area contributed by atoms with Gasteiger partial charge in [-0.3, -0.25) is 14.6 Å². The molecule has 0 aliphatic carbocycles. The average Bonchev–Trinajstić information content (AvgIpc) is 2.53. The smallest absolute Gasteiger partial charge is 0.274 e. The van der Waals surface area contributed by atoms with Crippen LogP contribution in [0.15, 0.2) is 36.5 Å². The standard InChI is InChI=1S/C18H20ClN3O3/c1-18(2,3)22-16(23)11-7-8-20-14(9-11)17(24)21-13-10-12(19)5-6-15(13)25-4/h5-10H,1-4H3,(H,21,24)(H,22,23). The van der Waals surface area contributed by atoms with Crippen LogP contribution in [0.2, 0.25) is 5.02 Å². The molecule has 1 heterocycles. The van der Waals surface area contributed by atoms with Gasteiger partial charge in [-0.2, -0.15) is 0 Å². The van der Waals surface area contributed by atoms with Crippen molar-refractivity contribution >= 4 is 29.1 Å². The molecule has 2 rings (SSSR count). The Hall–Kier alpha value is -2.60. The summed E-state index contributed by atoms with van der Waals surface area (Å²) in [6.45, 7) is 5.64. The molecule has 0 atom stereocenters. The zero-order chi connectivity index (χ0) is 18.6. The largest absolute Gasteiger partial charge is 0.495 e. The first kappa shape index (κ1) is 18.7. The number of nitrogens with zero attached hydrogens (tertiary/aromatic N) is 1. The lowest BCUT2D eigenvalue weighted by molar-refractivity contribution is 0.0919. The molecule has 0 fully saturated rings. The third-order valence-corrected chi connectivity index (χ3v) is 3.39. The summed E-state index contributed by atoms with van der Waals surface area (Å²) in [7, 11) is 1.49. The summed E-state index contributed by atoms with van der Waals surface area (Å²) in [4.78, 5) is 28.7. The topological polar surface area (TPSA) is 80.3 Å². The summed E-state index contributed by atoms with van der Waals surface area (Å²) in [5.41, 5.74) is 0.514. The number of nitrogens with one attached hydrogen (secondary N) is 2. The van der Waals surface area contributed by atoms with Gasteiger partial charge in [-0.1, -0.05) is 11.6 Å². The summed E-state index contributed by atoms with van der Waals surface area (Å²) in [6.07, 6.45) is 1.42. The maximum absolute atomic E-state index is 12.4. The molecule has 132 valence electrons. The van der Waals surface area contributed by atoms with Crippen LogP contribution in [0.3, 0.4) is 0 Å². The highest BCUT2D eigenvalue weighted by atomic mass is 35.5. The average molecular weight is 362 g/mol. The summed E-state index contributed by atoms with van der Waals surface area (Å²) in [6, 6.07) is 7.88. The predicted molar refractivity (Wildman–Crippen MR) is 97.4 cm³/mol. The highest BCUT2D eigenvalue weighted by Gasteiger charge is 2.18. The Morgan fingerprint density at radius 2 is 1.84 bits per heavy atom. The SMILES string of the molecule is COc1ccc(Cl)cc1NC(=O)c1cc(C(=O)NC(C)(C)C)ccn1. The lowest BCUT2D eigenvalue weighted by Gasteiger charge is -2.20. The minimum absolute atomic E-state index is 0.114. The molecule has 0 radical (unpaired) electrons. The number of halogens is 1. The Kier molecular flexibility index (Phi) is 5.64. The van der Waals surface area contributed by atoms with E-state index in [-0.39, 0.29) is 17.1 Å². The fourth-order valence-corrected chi connectivity index (χ4v) is 2.25. The zero-order valence-corrected chi connectivity index (χ0v) is 15.3. The van der Waals surface area contributed by atoms with Crippen LogP contribution in [-0.2, 0) is 0 Å². The number of anilines is 1. The van der Waals surface area contributed by atoms with E-state index in [2.05, 4.69) is 15.6 Å². The second-order valence-corrected chi connectivity index (χ2v) is 6.87. The van der Waals surface area contributed by atoms with E-state index in [9.17, 15) is 9.59 Å². The second-order valence-electron chi connectivity index (χ2n) is 6.43. The number of aromatic nitrogens is 1. The monoisotopic (exact) mass is 361 g/mol. The lowest BCUT2D eigenvalue weighted by Crippen LogP contribution is -2.40. The van der Waals surface area contributed by atoms with Crippen LogP contribution < -0.4 is 15.4 Å². The number of carbonyl (C=O) groups excluding carboxylic acids is 2. The Bertz CT molecular complexity index is 800. The maximum atomic E-state index is 12.4. The minimum Gasteiger partial charge on any atom is -0.495 e. The van der Waals surface area contributed by atoms with Crippen LogP contribution in [0, 0.1) is 0 Å². The fraction of sp³-hybridized carbons (Fsp3) is 0.278. The molecule has 0 saturated carbocycles. The van der Waals surface area contributed by atoms with Gasteiger partial charge in [-0.15, -0.1) is 0 Å². The Balaban J connectivity index is 2.22. The summed E-state index contributed by atoms with van der Waals surface area (Å²) in [5, 5.41) is 5.99. The highest BCUT2D eigenvalue weighted by molar-refractivity contribution is 6.31. The van der Waals surface area contributed by atoms with Crippen molar-refractivity contribution in [3.63, 3.8) is 0 Å². The van der Waals surface area contributed by atoms with Crippen molar-refractivity contribution in [2.24, 2.45) is 0 Å². The lowest BCUT2D eigenvalue weighted by atomic mass is 10.1. The maximum Gasteiger partial charge on any atom is 0.274 e. The molecule has 0 unspecified atom stereocenters. The van der Waals surface area contributed by atoms with Crippen molar-refractivity contribution in [3.8, 4) is 5.75 Å². The van der Waals surface area contributed by atoms with E-state index in [0.29, 0.717) is 22.0 Å². The first-order chi connectivity index (χ1) is 11.7. The van der Waals surface area contributed by atoms with Crippen molar-refractivity contribution in [1.82, 2.24) is 10.3 Å². The molecule has 0 spiro atoms. The van der Waals surface area contributed by atoms with E-state index in [1.165, 1.54) is 19.4 Å². The van der Waals surface area contributed by atoms with Gasteiger partial charge in [0.2, 0.25) is 0 Å². The minimum atomic E-state index is -0.467. The highest BCUT2D eigenvalue weighted by Crippen LogP contribution is 2.28. The summed E-state index contributed by atoms with van der Waals surface area (Å²) in [5.74, 6) is -0.269. The van der Waals surface area contributed by atoms with Crippen molar-refractivity contribution in [1.29, 1.82) is 0 Å². The van der Waals surface area contributed by atoms with E-state index in [0.717, 1.165) is 0 Å². The zero-order valence-electron chi connectivity index (χ0n) is 14.5. The first-order valence-electron chi connectivity index (χ1n) is 7.63. The molecule has 0 bridgehead atoms. The van der Waals surface area contributed by atoms with Crippen LogP contribution in [0.4, 0.5) is 5.69 Å². The molecular formula is C18H20ClN3O3. The van der Waals surface area contributed by atoms with Gasteiger partial charge in [0.25, 0.3) is 11.8 Å². The van der Waals surface area contributed by atoms with Crippen LogP contribution in [0.5, 0.6) is 5.75 Å². The molecule has 2 amide bonds. The molecule has 1 aromatic carbocycles. The fourth-order valence-electron chi connectivity index (χ4n) is 2.07. The number of hydrogen-bond acceptors (Lipinski definition) is 4. The number of amides is 2. The molecule has 1 aromatic heterocycles. The Labute approximate surface area is 151 Å². The van der Waals surface area contributed by atoms with Crippen molar-refractivity contribution in [2.45, 2.75) is 26.3 Å². The normalized spacial score (nSPS) is 10.9. The van der Waals surface area contributed by atoms with Crippen LogP contribution in [0.25, 0.3) is 0 Å². The van der Waals surface area contributed by atoms with Crippen LogP contribution >= 0.6 is 11.6 Å². The van der Waals surface area contributed by atoms with Crippen molar-refractivity contribution in [3.05, 3.63) is 52.8 Å². The number of benzene rings is 1. The molecule has 6 nitrogen and oxygen atoms in total. The van der Waals surface area contributed by atoms with Crippen LogP contribution in [-0.4, -0.2) is 29.4 Å². The van der Waals surface area contributed by atoms with Gasteiger partial charge >= 0.3 is 0 Å². The second kappa shape index (κ2) is 7.53. The van der Waals surface area contributed by atoms with Gasteiger partial charge < -0.3 is 15.4 Å². The molecule has 0 saturated heterocycles. The van der Waals surface area contributed by atoms with E-state index in [1.54, 1.807) is 24.3 Å². The summed E-state index contributed by atoms with van der Waals surface area (Å²) < 4.78 is 5.20. The van der Waals surface area contributed by atoms with Crippen molar-refractivity contribution in [2.75, 3.05) is 12.4 Å². The van der Waals surface area contributed by atoms with Gasteiger partial charge in [0.1, 0.15) is 11.4 Å². The van der Waals surface area contributed by atoms with Crippen LogP contribution in [0.1, 0.15) is 41.6 Å². The van der Waals surface area contributed by atoms with Gasteiger partial charge in [0.05, 0.1) is 12.8 Å². The Morgan fingerprint density at radius 3 is 2.48 bits per heavy atom. The van der Waals surface area contributed by atoms with Crippen molar-refractivity contribution < 1.29 is 14.3 Å². The van der Waals surface area contributed by atoms with E-state index < -0.39 is 5.91 Å². The first-order valence-corrected chi connectivity index (χ1v) is 8.01. The van der Waals surface area contributed by atoms with E-state index >= 15 is 0 Å². The molecule has 2 N–H and O–H groups in total. The molecule has 0 aliphatic heterocycles. The number of pyridine rings is 1. The van der Waals surface area contributed by atoms with E-state index in [1.807, 2.05) is 20.8 Å². The van der Waals surface area contributed by atoms with Gasteiger partial charge in [-0.05, 0) is 51.1 Å². The number of hydrogen-bond donors (Lipinski definition) is 2. The molecule has 7 heteroatoms. The van der Waals surface area contributed by atoms with E-state index in [4.69, 9.17) is 16.3 Å². The molecule has 2 aromatic rings. The third kappa shape index (κ3) is 5.19. The number of methoxy groups -OCH3 is 1. The van der Waals surface area contributed by atoms with Gasteiger partial charge in [0.15, 0.2) is 0 Å². The van der Waals surface area contributed by atoms with Gasteiger partial charge in [0, 0.05) is 22.3 Å².